The summed E-state index contributed by atoms with van der Waals surface area (Å²) in [5.74, 6) is 1.55. The third-order valence-electron chi connectivity index (χ3n) is 4.88. The zero-order valence-corrected chi connectivity index (χ0v) is 11.9. The summed E-state index contributed by atoms with van der Waals surface area (Å²) in [5, 5.41) is 9.34. The highest BCUT2D eigenvalue weighted by molar-refractivity contribution is 5.79. The lowest BCUT2D eigenvalue weighted by Crippen LogP contribution is -2.40. The van der Waals surface area contributed by atoms with Crippen molar-refractivity contribution in [2.75, 3.05) is 13.1 Å². The first-order chi connectivity index (χ1) is 9.74. The summed E-state index contributed by atoms with van der Waals surface area (Å²) in [6.45, 7) is 1.78. The molecule has 3 rings (SSSR count). The van der Waals surface area contributed by atoms with Gasteiger partial charge < -0.3 is 10.0 Å². The Bertz CT molecular complexity index is 454. The Balaban J connectivity index is 1.56. The molecule has 20 heavy (non-hydrogen) atoms. The summed E-state index contributed by atoms with van der Waals surface area (Å²) in [4.78, 5) is 14.5. The Morgan fingerprint density at radius 1 is 1.00 bits per heavy atom. The molecule has 1 aromatic rings. The minimum absolute atomic E-state index is 0.306. The van der Waals surface area contributed by atoms with Crippen molar-refractivity contribution in [3.05, 3.63) is 29.8 Å². The van der Waals surface area contributed by atoms with Crippen LogP contribution in [0, 0.1) is 5.92 Å². The van der Waals surface area contributed by atoms with Crippen molar-refractivity contribution >= 4 is 5.91 Å². The number of amides is 1. The van der Waals surface area contributed by atoms with E-state index < -0.39 is 0 Å². The predicted molar refractivity (Wildman–Crippen MR) is 78.6 cm³/mol. The van der Waals surface area contributed by atoms with Gasteiger partial charge >= 0.3 is 0 Å². The van der Waals surface area contributed by atoms with Gasteiger partial charge in [0, 0.05) is 19.0 Å². The molecule has 108 valence electrons. The Morgan fingerprint density at radius 2 is 1.60 bits per heavy atom. The quantitative estimate of drug-likeness (QED) is 0.898. The first kappa shape index (κ1) is 13.5. The highest BCUT2D eigenvalue weighted by Crippen LogP contribution is 2.32. The van der Waals surface area contributed by atoms with Crippen LogP contribution in [0.15, 0.2) is 24.3 Å². The number of hydrogen-bond acceptors (Lipinski definition) is 2. The maximum atomic E-state index is 12.4. The minimum atomic E-state index is 0.306. The number of likely N-dealkylation sites (tertiary alicyclic amines) is 1. The summed E-state index contributed by atoms with van der Waals surface area (Å²) >= 11 is 0. The highest BCUT2D eigenvalue weighted by Gasteiger charge is 2.30. The molecule has 1 heterocycles. The molecule has 2 aliphatic rings. The van der Waals surface area contributed by atoms with Gasteiger partial charge in [0.2, 0.25) is 5.91 Å². The lowest BCUT2D eigenvalue weighted by Gasteiger charge is -2.33. The lowest BCUT2D eigenvalue weighted by atomic mass is 9.89. The fourth-order valence-electron chi connectivity index (χ4n) is 3.61. The van der Waals surface area contributed by atoms with E-state index in [0.29, 0.717) is 23.5 Å². The van der Waals surface area contributed by atoms with E-state index >= 15 is 0 Å². The number of carbonyl (C=O) groups is 1. The molecule has 1 aliphatic carbocycles. The second-order valence-electron chi connectivity index (χ2n) is 6.17. The summed E-state index contributed by atoms with van der Waals surface area (Å²) in [6.07, 6.45) is 6.72. The molecule has 1 aromatic carbocycles. The molecule has 1 amide bonds. The molecule has 0 atom stereocenters. The Kier molecular flexibility index (Phi) is 3.95. The molecule has 3 heteroatoms. The van der Waals surface area contributed by atoms with Crippen LogP contribution < -0.4 is 0 Å². The molecule has 1 saturated heterocycles. The zero-order chi connectivity index (χ0) is 13.9. The van der Waals surface area contributed by atoms with Crippen molar-refractivity contribution < 1.29 is 9.90 Å². The molecule has 3 nitrogen and oxygen atoms in total. The topological polar surface area (TPSA) is 40.5 Å². The van der Waals surface area contributed by atoms with Crippen molar-refractivity contribution in [2.45, 2.75) is 44.4 Å². The third-order valence-corrected chi connectivity index (χ3v) is 4.88. The number of nitrogens with zero attached hydrogens (tertiary/aromatic N) is 1. The fraction of sp³-hybridized carbons (Fsp3) is 0.588. The van der Waals surface area contributed by atoms with Crippen LogP contribution in [0.1, 0.15) is 50.0 Å². The first-order valence-corrected chi connectivity index (χ1v) is 7.82. The van der Waals surface area contributed by atoms with E-state index in [4.69, 9.17) is 0 Å². The molecule has 2 fully saturated rings. The van der Waals surface area contributed by atoms with Crippen LogP contribution in [0.4, 0.5) is 0 Å². The summed E-state index contributed by atoms with van der Waals surface area (Å²) in [5.41, 5.74) is 1.29. The molecule has 1 N–H and O–H groups in total. The van der Waals surface area contributed by atoms with E-state index in [1.165, 1.54) is 18.4 Å². The van der Waals surface area contributed by atoms with Crippen molar-refractivity contribution in [2.24, 2.45) is 5.92 Å². The number of piperidine rings is 1. The summed E-state index contributed by atoms with van der Waals surface area (Å²) < 4.78 is 0. The van der Waals surface area contributed by atoms with E-state index in [9.17, 15) is 9.90 Å². The fourth-order valence-corrected chi connectivity index (χ4v) is 3.61. The average Bonchev–Trinajstić information content (AvgIpc) is 3.02. The smallest absolute Gasteiger partial charge is 0.225 e. The lowest BCUT2D eigenvalue weighted by molar-refractivity contribution is -0.136. The monoisotopic (exact) mass is 273 g/mol. The van der Waals surface area contributed by atoms with Crippen LogP contribution in [-0.4, -0.2) is 29.0 Å². The predicted octanol–water partition coefficient (Wildman–Crippen LogP) is 3.29. The van der Waals surface area contributed by atoms with E-state index in [2.05, 4.69) is 4.90 Å². The van der Waals surface area contributed by atoms with E-state index in [0.717, 1.165) is 38.8 Å². The van der Waals surface area contributed by atoms with Gasteiger partial charge in [-0.1, -0.05) is 25.0 Å². The van der Waals surface area contributed by atoms with Gasteiger partial charge in [-0.15, -0.1) is 0 Å². The molecular formula is C17H23NO2. The molecule has 0 unspecified atom stereocenters. The molecule has 0 spiro atoms. The highest BCUT2D eigenvalue weighted by atomic mass is 16.3. The van der Waals surface area contributed by atoms with Crippen LogP contribution in [0.3, 0.4) is 0 Å². The summed E-state index contributed by atoms with van der Waals surface area (Å²) in [6, 6.07) is 7.53. The average molecular weight is 273 g/mol. The van der Waals surface area contributed by atoms with Crippen LogP contribution in [-0.2, 0) is 4.79 Å². The molecule has 0 bridgehead atoms. The van der Waals surface area contributed by atoms with Gasteiger partial charge in [0.05, 0.1) is 0 Å². The van der Waals surface area contributed by atoms with Gasteiger partial charge in [0.25, 0.3) is 0 Å². The van der Waals surface area contributed by atoms with Crippen molar-refractivity contribution in [1.82, 2.24) is 4.90 Å². The Morgan fingerprint density at radius 3 is 2.20 bits per heavy atom. The number of phenolic OH excluding ortho intramolecular Hbond substituents is 1. The van der Waals surface area contributed by atoms with Crippen molar-refractivity contribution in [3.8, 4) is 5.75 Å². The number of benzene rings is 1. The Labute approximate surface area is 120 Å². The zero-order valence-electron chi connectivity index (χ0n) is 11.9. The maximum absolute atomic E-state index is 12.4. The van der Waals surface area contributed by atoms with Gasteiger partial charge in [-0.25, -0.2) is 0 Å². The standard InChI is InChI=1S/C17H23NO2/c19-16-7-5-13(6-8-16)14-9-11-18(12-10-14)17(20)15-3-1-2-4-15/h5-8,14-15,19H,1-4,9-12H2. The normalized spacial score (nSPS) is 21.3. The third kappa shape index (κ3) is 2.82. The second-order valence-corrected chi connectivity index (χ2v) is 6.17. The first-order valence-electron chi connectivity index (χ1n) is 7.82. The van der Waals surface area contributed by atoms with E-state index in [-0.39, 0.29) is 0 Å². The largest absolute Gasteiger partial charge is 0.508 e. The van der Waals surface area contributed by atoms with Crippen molar-refractivity contribution in [3.63, 3.8) is 0 Å². The van der Waals surface area contributed by atoms with Gasteiger partial charge in [-0.3, -0.25) is 4.79 Å². The van der Waals surface area contributed by atoms with Gasteiger partial charge in [0.1, 0.15) is 5.75 Å². The van der Waals surface area contributed by atoms with Gasteiger partial charge in [0.15, 0.2) is 0 Å². The minimum Gasteiger partial charge on any atom is -0.508 e. The van der Waals surface area contributed by atoms with E-state index in [1.54, 1.807) is 12.1 Å². The maximum Gasteiger partial charge on any atom is 0.225 e. The number of rotatable bonds is 2. The number of carbonyl (C=O) groups excluding carboxylic acids is 1. The van der Waals surface area contributed by atoms with Crippen molar-refractivity contribution in [1.29, 1.82) is 0 Å². The molecule has 1 saturated carbocycles. The second kappa shape index (κ2) is 5.86. The number of hydrogen-bond donors (Lipinski definition) is 1. The molecule has 0 aromatic heterocycles. The van der Waals surface area contributed by atoms with E-state index in [1.807, 2.05) is 12.1 Å². The Hall–Kier alpha value is -1.51. The van der Waals surface area contributed by atoms with Crippen LogP contribution in [0.5, 0.6) is 5.75 Å². The summed E-state index contributed by atoms with van der Waals surface area (Å²) in [7, 11) is 0. The number of phenols is 1. The number of aromatic hydroxyl groups is 1. The SMILES string of the molecule is O=C(C1CCCC1)N1CCC(c2ccc(O)cc2)CC1. The molecule has 1 aliphatic heterocycles. The van der Waals surface area contributed by atoms with Gasteiger partial charge in [-0.05, 0) is 49.3 Å². The molecular weight excluding hydrogens is 250 g/mol. The van der Waals surface area contributed by atoms with Crippen LogP contribution >= 0.6 is 0 Å². The van der Waals surface area contributed by atoms with Crippen LogP contribution in [0.25, 0.3) is 0 Å². The van der Waals surface area contributed by atoms with Crippen LogP contribution in [0.2, 0.25) is 0 Å². The molecule has 0 radical (unpaired) electrons. The van der Waals surface area contributed by atoms with Gasteiger partial charge in [-0.2, -0.15) is 0 Å².